The summed E-state index contributed by atoms with van der Waals surface area (Å²) in [7, 11) is 1.78. The van der Waals surface area contributed by atoms with Gasteiger partial charge in [0, 0.05) is 45.0 Å². The molecule has 2 aromatic rings. The lowest BCUT2D eigenvalue weighted by molar-refractivity contribution is -0.388. The number of rotatable bonds is 3. The van der Waals surface area contributed by atoms with Crippen LogP contribution in [0, 0.1) is 24.0 Å². The van der Waals surface area contributed by atoms with Crippen molar-refractivity contribution in [3.8, 4) is 0 Å². The lowest BCUT2D eigenvalue weighted by Gasteiger charge is -2.36. The fourth-order valence-electron chi connectivity index (χ4n) is 2.91. The molecular formula is C14H19N7O2. The minimum Gasteiger partial charge on any atom is -0.358 e. The van der Waals surface area contributed by atoms with Gasteiger partial charge in [-0.3, -0.25) is 4.57 Å². The first kappa shape index (κ1) is 15.2. The molecule has 1 fully saturated rings. The number of aryl methyl sites for hydroxylation is 3. The molecule has 2 aromatic heterocycles. The molecule has 9 nitrogen and oxygen atoms in total. The van der Waals surface area contributed by atoms with Crippen LogP contribution >= 0.6 is 0 Å². The Hall–Kier alpha value is -2.71. The van der Waals surface area contributed by atoms with Crippen LogP contribution < -0.4 is 9.80 Å². The average molecular weight is 317 g/mol. The molecule has 0 atom stereocenters. The summed E-state index contributed by atoms with van der Waals surface area (Å²) in [4.78, 5) is 27.5. The van der Waals surface area contributed by atoms with Gasteiger partial charge in [-0.1, -0.05) is 0 Å². The summed E-state index contributed by atoms with van der Waals surface area (Å²) in [6.07, 6.45) is 1.48. The Morgan fingerprint density at radius 2 is 1.78 bits per heavy atom. The molecule has 0 saturated carbocycles. The van der Waals surface area contributed by atoms with Gasteiger partial charge in [-0.15, -0.1) is 0 Å². The van der Waals surface area contributed by atoms with Crippen molar-refractivity contribution >= 4 is 17.5 Å². The number of aromatic nitrogens is 4. The number of hydrogen-bond acceptors (Lipinski definition) is 7. The second kappa shape index (κ2) is 5.82. The third kappa shape index (κ3) is 2.94. The summed E-state index contributed by atoms with van der Waals surface area (Å²) in [6, 6.07) is 1.97. The lowest BCUT2D eigenvalue weighted by Crippen LogP contribution is -2.47. The van der Waals surface area contributed by atoms with Crippen LogP contribution in [0.5, 0.6) is 0 Å². The molecule has 0 amide bonds. The van der Waals surface area contributed by atoms with Crippen molar-refractivity contribution in [3.63, 3.8) is 0 Å². The van der Waals surface area contributed by atoms with Crippen LogP contribution in [-0.4, -0.2) is 50.6 Å². The van der Waals surface area contributed by atoms with Gasteiger partial charge in [-0.2, -0.15) is 0 Å². The highest BCUT2D eigenvalue weighted by Gasteiger charge is 2.28. The van der Waals surface area contributed by atoms with Crippen molar-refractivity contribution in [1.82, 2.24) is 19.5 Å². The summed E-state index contributed by atoms with van der Waals surface area (Å²) in [6.45, 7) is 6.70. The fraction of sp³-hybridized carbons (Fsp3) is 0.500. The van der Waals surface area contributed by atoms with Gasteiger partial charge in [0.05, 0.1) is 0 Å². The molecule has 122 valence electrons. The predicted octanol–water partition coefficient (Wildman–Crippen LogP) is 1.06. The van der Waals surface area contributed by atoms with E-state index in [9.17, 15) is 10.1 Å². The van der Waals surface area contributed by atoms with Crippen LogP contribution in [0.2, 0.25) is 0 Å². The second-order valence-corrected chi connectivity index (χ2v) is 5.65. The molecule has 9 heteroatoms. The third-order valence-electron chi connectivity index (χ3n) is 3.92. The Kier molecular flexibility index (Phi) is 3.85. The van der Waals surface area contributed by atoms with Crippen LogP contribution in [0.25, 0.3) is 0 Å². The van der Waals surface area contributed by atoms with Crippen molar-refractivity contribution in [1.29, 1.82) is 0 Å². The smallest absolute Gasteiger partial charge is 0.358 e. The highest BCUT2D eigenvalue weighted by molar-refractivity contribution is 5.56. The Labute approximate surface area is 133 Å². The molecule has 1 aliphatic heterocycles. The molecule has 0 N–H and O–H groups in total. The van der Waals surface area contributed by atoms with Crippen LogP contribution in [0.15, 0.2) is 12.4 Å². The van der Waals surface area contributed by atoms with Gasteiger partial charge < -0.3 is 19.9 Å². The molecular weight excluding hydrogens is 298 g/mol. The van der Waals surface area contributed by atoms with E-state index in [-0.39, 0.29) is 5.82 Å². The van der Waals surface area contributed by atoms with E-state index in [1.165, 1.54) is 6.33 Å². The number of piperazine rings is 1. The molecule has 0 aliphatic carbocycles. The zero-order chi connectivity index (χ0) is 16.6. The van der Waals surface area contributed by atoms with Crippen molar-refractivity contribution in [2.24, 2.45) is 7.05 Å². The van der Waals surface area contributed by atoms with Crippen LogP contribution in [0.4, 0.5) is 17.5 Å². The van der Waals surface area contributed by atoms with Gasteiger partial charge in [0.1, 0.15) is 11.6 Å². The van der Waals surface area contributed by atoms with Gasteiger partial charge in [0.25, 0.3) is 0 Å². The first-order valence-electron chi connectivity index (χ1n) is 7.43. The van der Waals surface area contributed by atoms with Crippen LogP contribution in [0.1, 0.15) is 11.5 Å². The summed E-state index contributed by atoms with van der Waals surface area (Å²) >= 11 is 0. The predicted molar refractivity (Wildman–Crippen MR) is 85.8 cm³/mol. The fourth-order valence-corrected chi connectivity index (χ4v) is 2.91. The maximum atomic E-state index is 11.1. The molecule has 1 aliphatic rings. The van der Waals surface area contributed by atoms with E-state index in [0.717, 1.165) is 30.4 Å². The SMILES string of the molecule is Cc1cc(N2CCN(c3c([N+](=O)[O-])ncn3C)CC2)nc(C)n1. The summed E-state index contributed by atoms with van der Waals surface area (Å²) in [5.41, 5.74) is 0.942. The summed E-state index contributed by atoms with van der Waals surface area (Å²) in [5.74, 6) is 2.14. The molecule has 0 unspecified atom stereocenters. The normalized spacial score (nSPS) is 15.1. The highest BCUT2D eigenvalue weighted by Crippen LogP contribution is 2.27. The molecule has 0 bridgehead atoms. The Morgan fingerprint density at radius 3 is 2.39 bits per heavy atom. The van der Waals surface area contributed by atoms with E-state index in [1.807, 2.05) is 24.8 Å². The topological polar surface area (TPSA) is 93.2 Å². The van der Waals surface area contributed by atoms with E-state index in [0.29, 0.717) is 18.9 Å². The van der Waals surface area contributed by atoms with Gasteiger partial charge in [-0.05, 0) is 23.8 Å². The minimum atomic E-state index is -0.432. The Balaban J connectivity index is 1.76. The Bertz CT molecular complexity index is 714. The molecule has 23 heavy (non-hydrogen) atoms. The van der Waals surface area contributed by atoms with Crippen molar-refractivity contribution in [2.75, 3.05) is 36.0 Å². The molecule has 3 heterocycles. The monoisotopic (exact) mass is 317 g/mol. The molecule has 1 saturated heterocycles. The maximum Gasteiger partial charge on any atom is 0.406 e. The number of nitrogens with zero attached hydrogens (tertiary/aromatic N) is 7. The third-order valence-corrected chi connectivity index (χ3v) is 3.92. The quantitative estimate of drug-likeness (QED) is 0.617. The standard InChI is InChI=1S/C14H19N7O2/c1-10-8-12(17-11(2)16-10)19-4-6-20(7-5-19)14-13(21(22)23)15-9-18(14)3/h8-9H,4-7H2,1-3H3. The second-order valence-electron chi connectivity index (χ2n) is 5.65. The first-order chi connectivity index (χ1) is 11.0. The van der Waals surface area contributed by atoms with Gasteiger partial charge in [-0.25, -0.2) is 9.97 Å². The van der Waals surface area contributed by atoms with Crippen molar-refractivity contribution < 1.29 is 4.92 Å². The molecule has 3 rings (SSSR count). The number of anilines is 2. The molecule has 0 aromatic carbocycles. The zero-order valence-corrected chi connectivity index (χ0v) is 13.4. The van der Waals surface area contributed by atoms with Crippen LogP contribution in [0.3, 0.4) is 0 Å². The van der Waals surface area contributed by atoms with Gasteiger partial charge in [0.15, 0.2) is 0 Å². The number of hydrogen-bond donors (Lipinski definition) is 0. The first-order valence-corrected chi connectivity index (χ1v) is 7.43. The van der Waals surface area contributed by atoms with Gasteiger partial charge in [0.2, 0.25) is 12.1 Å². The van der Waals surface area contributed by atoms with Crippen molar-refractivity contribution in [2.45, 2.75) is 13.8 Å². The average Bonchev–Trinajstić information content (AvgIpc) is 2.88. The Morgan fingerprint density at radius 1 is 1.13 bits per heavy atom. The van der Waals surface area contributed by atoms with E-state index in [1.54, 1.807) is 11.6 Å². The van der Waals surface area contributed by atoms with E-state index in [2.05, 4.69) is 19.9 Å². The number of imidazole rings is 1. The molecule has 0 radical (unpaired) electrons. The van der Waals surface area contributed by atoms with Crippen LogP contribution in [-0.2, 0) is 7.05 Å². The highest BCUT2D eigenvalue weighted by atomic mass is 16.6. The van der Waals surface area contributed by atoms with E-state index < -0.39 is 4.92 Å². The van der Waals surface area contributed by atoms with Gasteiger partial charge >= 0.3 is 5.82 Å². The van der Waals surface area contributed by atoms with E-state index >= 15 is 0 Å². The van der Waals surface area contributed by atoms with E-state index in [4.69, 9.17) is 0 Å². The summed E-state index contributed by atoms with van der Waals surface area (Å²) in [5, 5.41) is 11.1. The van der Waals surface area contributed by atoms with Crippen molar-refractivity contribution in [3.05, 3.63) is 34.0 Å². The minimum absolute atomic E-state index is 0.0883. The largest absolute Gasteiger partial charge is 0.406 e. The maximum absolute atomic E-state index is 11.1. The summed E-state index contributed by atoms with van der Waals surface area (Å²) < 4.78 is 1.70. The zero-order valence-electron chi connectivity index (χ0n) is 13.4. The number of nitro groups is 1. The lowest BCUT2D eigenvalue weighted by atomic mass is 10.3. The molecule has 0 spiro atoms.